The van der Waals surface area contributed by atoms with Crippen LogP contribution in [0.3, 0.4) is 0 Å². The van der Waals surface area contributed by atoms with Crippen molar-refractivity contribution in [1.29, 1.82) is 0 Å². The van der Waals surface area contributed by atoms with Gasteiger partial charge < -0.3 is 9.80 Å². The van der Waals surface area contributed by atoms with Gasteiger partial charge in [0.25, 0.3) is 10.1 Å². The molecule has 0 spiro atoms. The van der Waals surface area contributed by atoms with Crippen molar-refractivity contribution in [3.05, 3.63) is 89.2 Å². The van der Waals surface area contributed by atoms with E-state index in [0.29, 0.717) is 6.54 Å². The Morgan fingerprint density at radius 3 is 2.29 bits per heavy atom. The molecule has 0 fully saturated rings. The molecule has 3 rings (SSSR count). The Morgan fingerprint density at radius 1 is 0.912 bits per heavy atom. The summed E-state index contributed by atoms with van der Waals surface area (Å²) in [7, 11) is -3.90. The minimum Gasteiger partial charge on any atom is -0.333 e. The Labute approximate surface area is 209 Å². The van der Waals surface area contributed by atoms with E-state index in [1.54, 1.807) is 24.3 Å². The third kappa shape index (κ3) is 7.90. The molecular formula is C27H35ClN2O3S. The number of aryl methyl sites for hydroxylation is 1. The van der Waals surface area contributed by atoms with E-state index in [4.69, 9.17) is 15.8 Å². The van der Waals surface area contributed by atoms with Gasteiger partial charge in [-0.25, -0.2) is 4.18 Å². The third-order valence-electron chi connectivity index (χ3n) is 5.81. The van der Waals surface area contributed by atoms with Crippen molar-refractivity contribution >= 4 is 21.7 Å². The van der Waals surface area contributed by atoms with E-state index in [2.05, 4.69) is 13.0 Å². The summed E-state index contributed by atoms with van der Waals surface area (Å²) in [4.78, 5) is 4.06. The highest BCUT2D eigenvalue weighted by molar-refractivity contribution is 7.86. The lowest BCUT2D eigenvalue weighted by Crippen LogP contribution is -2.42. The molecule has 1 aliphatic heterocycles. The summed E-state index contributed by atoms with van der Waals surface area (Å²) in [6.45, 7) is 5.42. The van der Waals surface area contributed by atoms with Crippen LogP contribution in [-0.4, -0.2) is 37.7 Å². The van der Waals surface area contributed by atoms with Crippen molar-refractivity contribution in [2.24, 2.45) is 0 Å². The number of allylic oxidation sites excluding steroid dienone is 1. The van der Waals surface area contributed by atoms with E-state index >= 15 is 0 Å². The first kappa shape index (κ1) is 26.3. The van der Waals surface area contributed by atoms with E-state index in [9.17, 15) is 8.42 Å². The van der Waals surface area contributed by atoms with E-state index < -0.39 is 16.5 Å². The van der Waals surface area contributed by atoms with Gasteiger partial charge in [-0.3, -0.25) is 0 Å². The molecule has 2 aromatic carbocycles. The maximum absolute atomic E-state index is 13.0. The fourth-order valence-electron chi connectivity index (χ4n) is 3.76. The summed E-state index contributed by atoms with van der Waals surface area (Å²) >= 11 is 5.95. The van der Waals surface area contributed by atoms with Crippen LogP contribution in [0.1, 0.15) is 50.2 Å². The molecule has 0 aliphatic carbocycles. The SMILES string of the molecule is CCCCCCCN1C=CN(C/C=C\Cc2ccc(Cl)cc2)C1OS(=O)(=O)c1ccc(C)cc1. The predicted molar refractivity (Wildman–Crippen MR) is 139 cm³/mol. The maximum Gasteiger partial charge on any atom is 0.300 e. The number of benzene rings is 2. The van der Waals surface area contributed by atoms with Crippen LogP contribution in [0.5, 0.6) is 0 Å². The fraction of sp³-hybridized carbons (Fsp3) is 0.407. The molecule has 5 nitrogen and oxygen atoms in total. The number of rotatable bonds is 13. The van der Waals surface area contributed by atoms with Crippen molar-refractivity contribution in [2.75, 3.05) is 13.1 Å². The first-order valence-corrected chi connectivity index (χ1v) is 13.8. The van der Waals surface area contributed by atoms with Crippen molar-refractivity contribution in [1.82, 2.24) is 9.80 Å². The first-order valence-electron chi connectivity index (χ1n) is 12.0. The Bertz CT molecular complexity index is 1050. The van der Waals surface area contributed by atoms with Gasteiger partial charge in [0.2, 0.25) is 6.35 Å². The van der Waals surface area contributed by atoms with E-state index in [1.807, 2.05) is 59.5 Å². The Morgan fingerprint density at radius 2 is 1.59 bits per heavy atom. The fourth-order valence-corrected chi connectivity index (χ4v) is 4.92. The summed E-state index contributed by atoms with van der Waals surface area (Å²) in [5.41, 5.74) is 2.17. The summed E-state index contributed by atoms with van der Waals surface area (Å²) in [5, 5.41) is 0.722. The van der Waals surface area contributed by atoms with Crippen LogP contribution in [0.2, 0.25) is 5.02 Å². The normalized spacial score (nSPS) is 16.1. The van der Waals surface area contributed by atoms with Gasteiger partial charge in [-0.15, -0.1) is 0 Å². The molecule has 1 unspecified atom stereocenters. The molecule has 1 atom stereocenters. The van der Waals surface area contributed by atoms with Gasteiger partial charge in [-0.05, 0) is 49.6 Å². The second-order valence-corrected chi connectivity index (χ2v) is 10.6. The summed E-state index contributed by atoms with van der Waals surface area (Å²) < 4.78 is 31.8. The summed E-state index contributed by atoms with van der Waals surface area (Å²) in [6.07, 6.45) is 13.8. The monoisotopic (exact) mass is 502 g/mol. The molecular weight excluding hydrogens is 468 g/mol. The molecule has 7 heteroatoms. The second-order valence-electron chi connectivity index (χ2n) is 8.64. The van der Waals surface area contributed by atoms with Crippen LogP contribution < -0.4 is 0 Å². The van der Waals surface area contributed by atoms with Crippen LogP contribution in [0.25, 0.3) is 0 Å². The highest BCUT2D eigenvalue weighted by Crippen LogP contribution is 2.24. The Balaban J connectivity index is 1.65. The van der Waals surface area contributed by atoms with Gasteiger partial charge in [0.1, 0.15) is 0 Å². The minimum atomic E-state index is -3.90. The van der Waals surface area contributed by atoms with E-state index in [1.165, 1.54) is 24.8 Å². The summed E-state index contributed by atoms with van der Waals surface area (Å²) in [6, 6.07) is 14.5. The lowest BCUT2D eigenvalue weighted by molar-refractivity contribution is -0.0161. The molecule has 0 N–H and O–H groups in total. The molecule has 2 aromatic rings. The Hall–Kier alpha value is -2.28. The van der Waals surface area contributed by atoms with Crippen LogP contribution in [0.15, 0.2) is 78.0 Å². The van der Waals surface area contributed by atoms with Gasteiger partial charge >= 0.3 is 0 Å². The molecule has 1 aliphatic rings. The zero-order chi connectivity index (χ0) is 24.4. The average molecular weight is 503 g/mol. The number of unbranched alkanes of at least 4 members (excludes halogenated alkanes) is 4. The molecule has 0 amide bonds. The molecule has 34 heavy (non-hydrogen) atoms. The van der Waals surface area contributed by atoms with Gasteiger partial charge in [0.05, 0.1) is 4.90 Å². The van der Waals surface area contributed by atoms with Gasteiger partial charge in [-0.1, -0.05) is 86.2 Å². The van der Waals surface area contributed by atoms with Crippen LogP contribution in [0, 0.1) is 6.92 Å². The van der Waals surface area contributed by atoms with Crippen molar-refractivity contribution < 1.29 is 12.6 Å². The van der Waals surface area contributed by atoms with Crippen LogP contribution in [-0.2, 0) is 20.7 Å². The molecule has 0 radical (unpaired) electrons. The minimum absolute atomic E-state index is 0.172. The molecule has 0 saturated carbocycles. The lowest BCUT2D eigenvalue weighted by atomic mass is 10.1. The lowest BCUT2D eigenvalue weighted by Gasteiger charge is -2.31. The quantitative estimate of drug-likeness (QED) is 0.178. The zero-order valence-corrected chi connectivity index (χ0v) is 21.6. The summed E-state index contributed by atoms with van der Waals surface area (Å²) in [5.74, 6) is 0. The predicted octanol–water partition coefficient (Wildman–Crippen LogP) is 6.50. The van der Waals surface area contributed by atoms with Crippen molar-refractivity contribution in [2.45, 2.75) is 63.6 Å². The highest BCUT2D eigenvalue weighted by Gasteiger charge is 2.32. The number of nitrogens with zero attached hydrogens (tertiary/aromatic N) is 2. The van der Waals surface area contributed by atoms with Crippen molar-refractivity contribution in [3.8, 4) is 0 Å². The van der Waals surface area contributed by atoms with Gasteiger partial charge in [0.15, 0.2) is 0 Å². The topological polar surface area (TPSA) is 49.9 Å². The van der Waals surface area contributed by atoms with E-state index in [0.717, 1.165) is 36.4 Å². The van der Waals surface area contributed by atoms with Gasteiger partial charge in [-0.2, -0.15) is 8.42 Å². The standard InChI is InChI=1S/C27H35ClN2O3S/c1-3-4-5-6-8-19-29-21-22-30(20-9-7-10-24-13-15-25(28)16-14-24)27(29)33-34(31,32)26-17-11-23(2)12-18-26/h7,9,11-18,21-22,27H,3-6,8,10,19-20H2,1-2H3/b9-7-. The Kier molecular flexibility index (Phi) is 10.1. The zero-order valence-electron chi connectivity index (χ0n) is 20.1. The van der Waals surface area contributed by atoms with Crippen molar-refractivity contribution in [3.63, 3.8) is 0 Å². The first-order chi connectivity index (χ1) is 16.4. The highest BCUT2D eigenvalue weighted by atomic mass is 35.5. The third-order valence-corrected chi connectivity index (χ3v) is 7.34. The van der Waals surface area contributed by atoms with E-state index in [-0.39, 0.29) is 4.90 Å². The maximum atomic E-state index is 13.0. The molecule has 0 saturated heterocycles. The number of hydrogen-bond acceptors (Lipinski definition) is 5. The largest absolute Gasteiger partial charge is 0.333 e. The molecule has 1 heterocycles. The van der Waals surface area contributed by atoms with Crippen LogP contribution in [0.4, 0.5) is 0 Å². The second kappa shape index (κ2) is 13.0. The molecule has 0 aromatic heterocycles. The van der Waals surface area contributed by atoms with Crippen LogP contribution >= 0.6 is 11.6 Å². The number of halogens is 1. The number of hydrogen-bond donors (Lipinski definition) is 0. The molecule has 184 valence electrons. The molecule has 0 bridgehead atoms. The smallest absolute Gasteiger partial charge is 0.300 e. The van der Waals surface area contributed by atoms with Gasteiger partial charge in [0, 0.05) is 30.5 Å². The average Bonchev–Trinajstić information content (AvgIpc) is 3.18.